The van der Waals surface area contributed by atoms with Crippen LogP contribution in [0.15, 0.2) is 140 Å². The second kappa shape index (κ2) is 10.8. The van der Waals surface area contributed by atoms with Gasteiger partial charge in [0.15, 0.2) is 11.5 Å². The maximum absolute atomic E-state index is 10.9. The maximum Gasteiger partial charge on any atom is 0.208 e. The molecule has 0 aliphatic carbocycles. The Kier molecular flexibility index (Phi) is 6.40. The number of hydrogen-bond acceptors (Lipinski definition) is 5. The fraction of sp³-hybridized carbons (Fsp3) is 0. The Bertz CT molecular complexity index is 2420. The number of fused-ring (bicyclic) bond motifs is 2. The van der Waals surface area contributed by atoms with Crippen LogP contribution in [0.2, 0.25) is 0 Å². The summed E-state index contributed by atoms with van der Waals surface area (Å²) in [5, 5.41) is 54.5. The van der Waals surface area contributed by atoms with Crippen LogP contribution in [0.4, 0.5) is 0 Å². The number of nitrogens with zero attached hydrogens (tertiary/aromatic N) is 2. The van der Waals surface area contributed by atoms with E-state index in [0.717, 1.165) is 49.9 Å². The molecule has 228 valence electrons. The molecule has 0 unspecified atom stereocenters. The molecule has 0 spiro atoms. The minimum absolute atomic E-state index is 0.253. The van der Waals surface area contributed by atoms with E-state index >= 15 is 0 Å². The van der Waals surface area contributed by atoms with Crippen LogP contribution < -0.4 is 0 Å². The van der Waals surface area contributed by atoms with Crippen LogP contribution in [0, 0.1) is 0 Å². The summed E-state index contributed by atoms with van der Waals surface area (Å²) in [4.78, 5) is 0. The van der Waals surface area contributed by atoms with Gasteiger partial charge in [0, 0.05) is 16.5 Å². The smallest absolute Gasteiger partial charge is 0.208 e. The summed E-state index contributed by atoms with van der Waals surface area (Å²) >= 11 is 0. The van der Waals surface area contributed by atoms with E-state index in [4.69, 9.17) is 0 Å². The Balaban J connectivity index is 1.32. The number of rotatable bonds is 5. The van der Waals surface area contributed by atoms with Gasteiger partial charge in [0.25, 0.3) is 0 Å². The highest BCUT2D eigenvalue weighted by Crippen LogP contribution is 2.54. The van der Waals surface area contributed by atoms with E-state index in [1.54, 1.807) is 4.57 Å². The van der Waals surface area contributed by atoms with Gasteiger partial charge in [-0.3, -0.25) is 0 Å². The Labute approximate surface area is 269 Å². The Morgan fingerprint density at radius 2 is 0.745 bits per heavy atom. The van der Waals surface area contributed by atoms with Crippen molar-refractivity contribution in [3.05, 3.63) is 140 Å². The van der Waals surface area contributed by atoms with E-state index in [-0.39, 0.29) is 5.69 Å². The molecule has 6 aromatic carbocycles. The van der Waals surface area contributed by atoms with Crippen LogP contribution >= 0.6 is 0 Å². The fourth-order valence-corrected chi connectivity index (χ4v) is 6.41. The lowest BCUT2D eigenvalue weighted by molar-refractivity contribution is 0.327. The molecule has 8 rings (SSSR count). The van der Waals surface area contributed by atoms with Crippen LogP contribution in [0.5, 0.6) is 28.7 Å². The van der Waals surface area contributed by atoms with Gasteiger partial charge >= 0.3 is 0 Å². The van der Waals surface area contributed by atoms with Gasteiger partial charge in [-0.05, 0) is 70.8 Å². The molecule has 0 aliphatic rings. The molecule has 0 saturated heterocycles. The van der Waals surface area contributed by atoms with Crippen molar-refractivity contribution in [2.75, 3.05) is 0 Å². The van der Waals surface area contributed by atoms with Crippen LogP contribution in [-0.2, 0) is 0 Å². The number of hydrogen-bond donors (Lipinski definition) is 5. The highest BCUT2D eigenvalue weighted by molar-refractivity contribution is 5.96. The minimum atomic E-state index is -1.00. The van der Waals surface area contributed by atoms with Gasteiger partial charge in [-0.1, -0.05) is 91.0 Å². The molecule has 7 nitrogen and oxygen atoms in total. The van der Waals surface area contributed by atoms with E-state index in [2.05, 4.69) is 53.1 Å². The van der Waals surface area contributed by atoms with Crippen LogP contribution in [0.25, 0.3) is 66.8 Å². The zero-order valence-corrected chi connectivity index (χ0v) is 24.9. The number of phenols is 5. The highest BCUT2D eigenvalue weighted by Gasteiger charge is 2.27. The highest BCUT2D eigenvalue weighted by atomic mass is 16.4. The molecular weight excluding hydrogens is 588 g/mol. The van der Waals surface area contributed by atoms with Crippen molar-refractivity contribution in [2.45, 2.75) is 0 Å². The Hall–Kier alpha value is -6.60. The number of phenolic OH excluding ortho intramolecular Hbond substituents is 5. The summed E-state index contributed by atoms with van der Waals surface area (Å²) in [5.74, 6) is -4.40. The van der Waals surface area contributed by atoms with Crippen molar-refractivity contribution < 1.29 is 25.5 Å². The van der Waals surface area contributed by atoms with Crippen molar-refractivity contribution in [3.63, 3.8) is 0 Å². The third kappa shape index (κ3) is 4.44. The number of aromatic hydroxyl groups is 5. The average Bonchev–Trinajstić information content (AvgIpc) is 3.69. The maximum atomic E-state index is 10.9. The first kappa shape index (κ1) is 27.9. The molecular formula is C40H28N2O5. The summed E-state index contributed by atoms with van der Waals surface area (Å²) in [6.07, 6.45) is 0. The van der Waals surface area contributed by atoms with Gasteiger partial charge in [-0.2, -0.15) is 0 Å². The molecule has 0 radical (unpaired) electrons. The molecule has 2 heterocycles. The normalized spacial score (nSPS) is 11.4. The summed E-state index contributed by atoms with van der Waals surface area (Å²) in [5.41, 5.74) is 8.02. The molecule has 47 heavy (non-hydrogen) atoms. The molecule has 0 aliphatic heterocycles. The van der Waals surface area contributed by atoms with Crippen molar-refractivity contribution in [1.29, 1.82) is 0 Å². The SMILES string of the molecule is Oc1c(O)c(O)c(-n2c(-c3ccccc3)cc3cc(-c4ccc5c(c4)cc(-c4ccccc4)n5-c4ccccc4)ccc32)c(O)c1O. The average molecular weight is 617 g/mol. The third-order valence-corrected chi connectivity index (χ3v) is 8.66. The summed E-state index contributed by atoms with van der Waals surface area (Å²) in [6.45, 7) is 0. The lowest BCUT2D eigenvalue weighted by Gasteiger charge is -2.17. The molecule has 0 bridgehead atoms. The Morgan fingerprint density at radius 3 is 1.23 bits per heavy atom. The zero-order valence-electron chi connectivity index (χ0n) is 24.9. The molecule has 5 N–H and O–H groups in total. The topological polar surface area (TPSA) is 111 Å². The van der Waals surface area contributed by atoms with E-state index in [1.165, 1.54) is 0 Å². The minimum Gasteiger partial charge on any atom is -0.503 e. The molecule has 0 fully saturated rings. The van der Waals surface area contributed by atoms with E-state index in [0.29, 0.717) is 11.2 Å². The van der Waals surface area contributed by atoms with Crippen molar-refractivity contribution in [1.82, 2.24) is 9.13 Å². The number of aromatic nitrogens is 2. The van der Waals surface area contributed by atoms with Gasteiger partial charge < -0.3 is 34.7 Å². The standard InChI is InChI=1S/C40H28N2O5/c43-36-35(37(44)39(46)40(47)38(36)45)42-32-19-17-27(21-29(32)23-34(42)25-12-6-2-7-13-25)26-16-18-31-28(20-26)22-33(24-10-4-1-5-11-24)41(31)30-14-8-3-9-15-30/h1-23,43-47H. The Morgan fingerprint density at radius 1 is 0.340 bits per heavy atom. The second-order valence-electron chi connectivity index (χ2n) is 11.4. The monoisotopic (exact) mass is 616 g/mol. The quantitative estimate of drug-likeness (QED) is 0.0979. The van der Waals surface area contributed by atoms with Crippen LogP contribution in [0.3, 0.4) is 0 Å². The molecule has 0 saturated carbocycles. The molecule has 2 aromatic heterocycles. The lowest BCUT2D eigenvalue weighted by atomic mass is 10.0. The van der Waals surface area contributed by atoms with Gasteiger partial charge in [0.2, 0.25) is 17.2 Å². The first-order valence-corrected chi connectivity index (χ1v) is 15.1. The van der Waals surface area contributed by atoms with Gasteiger partial charge in [0.1, 0.15) is 5.69 Å². The predicted octanol–water partition coefficient (Wildman–Crippen LogP) is 9.10. The lowest BCUT2D eigenvalue weighted by Crippen LogP contribution is -1.99. The van der Waals surface area contributed by atoms with Gasteiger partial charge in [0.05, 0.1) is 22.4 Å². The van der Waals surface area contributed by atoms with Crippen molar-refractivity contribution >= 4 is 21.8 Å². The largest absolute Gasteiger partial charge is 0.503 e. The van der Waals surface area contributed by atoms with Crippen molar-refractivity contribution in [3.8, 4) is 73.8 Å². The molecule has 0 atom stereocenters. The first-order chi connectivity index (χ1) is 22.9. The number of benzene rings is 6. The van der Waals surface area contributed by atoms with Gasteiger partial charge in [-0.25, -0.2) is 0 Å². The second-order valence-corrected chi connectivity index (χ2v) is 11.4. The van der Waals surface area contributed by atoms with Gasteiger partial charge in [-0.15, -0.1) is 0 Å². The first-order valence-electron chi connectivity index (χ1n) is 15.1. The molecule has 0 amide bonds. The fourth-order valence-electron chi connectivity index (χ4n) is 6.41. The third-order valence-electron chi connectivity index (χ3n) is 8.66. The molecule has 8 aromatic rings. The van der Waals surface area contributed by atoms with Crippen LogP contribution in [0.1, 0.15) is 0 Å². The van der Waals surface area contributed by atoms with E-state index < -0.39 is 28.7 Å². The summed E-state index contributed by atoms with van der Waals surface area (Å²) < 4.78 is 3.83. The van der Waals surface area contributed by atoms with Crippen molar-refractivity contribution in [2.24, 2.45) is 0 Å². The van der Waals surface area contributed by atoms with E-state index in [1.807, 2.05) is 91.0 Å². The summed E-state index contributed by atoms with van der Waals surface area (Å²) in [7, 11) is 0. The predicted molar refractivity (Wildman–Crippen MR) is 185 cm³/mol. The number of para-hydroxylation sites is 1. The van der Waals surface area contributed by atoms with Crippen LogP contribution in [-0.4, -0.2) is 34.7 Å². The molecule has 7 heteroatoms. The van der Waals surface area contributed by atoms with E-state index in [9.17, 15) is 25.5 Å². The zero-order chi connectivity index (χ0) is 32.2. The summed E-state index contributed by atoms with van der Waals surface area (Å²) in [6, 6.07) is 46.4.